The fraction of sp³-hybridized carbons (Fsp3) is 0.538. The minimum Gasteiger partial charge on any atom is -0.399 e. The third kappa shape index (κ3) is 4.54. The normalized spacial score (nSPS) is 12.3. The van der Waals surface area contributed by atoms with Gasteiger partial charge in [-0.15, -0.1) is 0 Å². The monoisotopic (exact) mass is 337 g/mol. The molecule has 0 aliphatic rings. The highest BCUT2D eigenvalue weighted by molar-refractivity contribution is 7.89. The van der Waals surface area contributed by atoms with E-state index in [1.165, 1.54) is 10.4 Å². The van der Waals surface area contributed by atoms with Crippen molar-refractivity contribution in [3.8, 4) is 0 Å². The molecule has 0 saturated carbocycles. The van der Waals surface area contributed by atoms with Gasteiger partial charge in [0.25, 0.3) is 0 Å². The van der Waals surface area contributed by atoms with Gasteiger partial charge in [0.1, 0.15) is 4.90 Å². The summed E-state index contributed by atoms with van der Waals surface area (Å²) < 4.78 is 40.6. The SMILES string of the molecule is CCCN(CCN(C)C)S(=O)(=O)c1cc(N)cc(Cl)c1F. The fourth-order valence-electron chi connectivity index (χ4n) is 1.82. The van der Waals surface area contributed by atoms with Gasteiger partial charge in [-0.3, -0.25) is 0 Å². The van der Waals surface area contributed by atoms with Gasteiger partial charge in [-0.2, -0.15) is 4.31 Å². The summed E-state index contributed by atoms with van der Waals surface area (Å²) in [5.74, 6) is -0.961. The van der Waals surface area contributed by atoms with Crippen molar-refractivity contribution in [2.24, 2.45) is 0 Å². The topological polar surface area (TPSA) is 66.6 Å². The van der Waals surface area contributed by atoms with E-state index < -0.39 is 20.7 Å². The van der Waals surface area contributed by atoms with Gasteiger partial charge in [0.15, 0.2) is 5.82 Å². The lowest BCUT2D eigenvalue weighted by atomic mass is 10.3. The fourth-order valence-corrected chi connectivity index (χ4v) is 3.75. The molecule has 1 rings (SSSR count). The molecule has 0 bridgehead atoms. The van der Waals surface area contributed by atoms with Gasteiger partial charge < -0.3 is 10.6 Å². The molecule has 8 heteroatoms. The van der Waals surface area contributed by atoms with Crippen LogP contribution in [0.15, 0.2) is 17.0 Å². The van der Waals surface area contributed by atoms with Crippen LogP contribution in [-0.2, 0) is 10.0 Å². The molecule has 1 aromatic carbocycles. The number of benzene rings is 1. The van der Waals surface area contributed by atoms with E-state index in [1.54, 1.807) is 0 Å². The predicted molar refractivity (Wildman–Crippen MR) is 83.4 cm³/mol. The van der Waals surface area contributed by atoms with E-state index >= 15 is 0 Å². The first kappa shape index (κ1) is 18.2. The highest BCUT2D eigenvalue weighted by atomic mass is 35.5. The van der Waals surface area contributed by atoms with Crippen molar-refractivity contribution in [3.05, 3.63) is 23.0 Å². The van der Waals surface area contributed by atoms with E-state index in [2.05, 4.69) is 0 Å². The number of halogens is 2. The number of hydrogen-bond donors (Lipinski definition) is 1. The van der Waals surface area contributed by atoms with Gasteiger partial charge in [0, 0.05) is 25.3 Å². The lowest BCUT2D eigenvalue weighted by molar-refractivity contribution is 0.332. The molecular formula is C13H21ClFN3O2S. The van der Waals surface area contributed by atoms with Crippen LogP contribution >= 0.6 is 11.6 Å². The van der Waals surface area contributed by atoms with Crippen LogP contribution in [0.25, 0.3) is 0 Å². The van der Waals surface area contributed by atoms with Gasteiger partial charge in [0.05, 0.1) is 5.02 Å². The Bertz CT molecular complexity index is 593. The average molecular weight is 338 g/mol. The predicted octanol–water partition coefficient (Wildman–Crippen LogP) is 2.02. The second-order valence-corrected chi connectivity index (χ2v) is 7.34. The van der Waals surface area contributed by atoms with Crippen molar-refractivity contribution in [3.63, 3.8) is 0 Å². The Morgan fingerprint density at radius 3 is 2.38 bits per heavy atom. The molecule has 0 heterocycles. The molecule has 2 N–H and O–H groups in total. The first-order valence-corrected chi connectivity index (χ1v) is 8.41. The van der Waals surface area contributed by atoms with Crippen molar-refractivity contribution < 1.29 is 12.8 Å². The molecular weight excluding hydrogens is 317 g/mol. The van der Waals surface area contributed by atoms with Crippen molar-refractivity contribution >= 4 is 27.3 Å². The second kappa shape index (κ2) is 7.40. The zero-order valence-corrected chi connectivity index (χ0v) is 14.0. The van der Waals surface area contributed by atoms with E-state index in [9.17, 15) is 12.8 Å². The molecule has 0 aliphatic heterocycles. The van der Waals surface area contributed by atoms with E-state index in [0.717, 1.165) is 6.07 Å². The van der Waals surface area contributed by atoms with Gasteiger partial charge in [-0.05, 0) is 32.6 Å². The maximum absolute atomic E-state index is 14.1. The first-order valence-electron chi connectivity index (χ1n) is 6.59. The lowest BCUT2D eigenvalue weighted by Crippen LogP contribution is -2.37. The minimum atomic E-state index is -3.97. The van der Waals surface area contributed by atoms with Crippen molar-refractivity contribution in [1.29, 1.82) is 0 Å². The summed E-state index contributed by atoms with van der Waals surface area (Å²) >= 11 is 5.69. The van der Waals surface area contributed by atoms with Crippen LogP contribution in [0.2, 0.25) is 5.02 Å². The summed E-state index contributed by atoms with van der Waals surface area (Å²) in [6.07, 6.45) is 0.629. The van der Waals surface area contributed by atoms with E-state index in [0.29, 0.717) is 19.5 Å². The number of likely N-dealkylation sites (N-methyl/N-ethyl adjacent to an activating group) is 1. The lowest BCUT2D eigenvalue weighted by Gasteiger charge is -2.23. The van der Waals surface area contributed by atoms with E-state index in [-0.39, 0.29) is 17.3 Å². The molecule has 0 spiro atoms. The van der Waals surface area contributed by atoms with Crippen LogP contribution in [-0.4, -0.2) is 51.4 Å². The third-order valence-corrected chi connectivity index (χ3v) is 5.08. The van der Waals surface area contributed by atoms with Crippen LogP contribution in [0.4, 0.5) is 10.1 Å². The Morgan fingerprint density at radius 2 is 1.86 bits per heavy atom. The van der Waals surface area contributed by atoms with Crippen LogP contribution < -0.4 is 5.73 Å². The van der Waals surface area contributed by atoms with Crippen LogP contribution in [0.1, 0.15) is 13.3 Å². The smallest absolute Gasteiger partial charge is 0.246 e. The molecule has 21 heavy (non-hydrogen) atoms. The van der Waals surface area contributed by atoms with Gasteiger partial charge >= 0.3 is 0 Å². The summed E-state index contributed by atoms with van der Waals surface area (Å²) in [4.78, 5) is 1.39. The maximum atomic E-state index is 14.1. The van der Waals surface area contributed by atoms with Crippen LogP contribution in [0, 0.1) is 5.82 Å². The summed E-state index contributed by atoms with van der Waals surface area (Å²) in [5.41, 5.74) is 5.69. The molecule has 0 aliphatic carbocycles. The first-order chi connectivity index (χ1) is 9.70. The standard InChI is InChI=1S/C13H21ClFN3O2S/c1-4-5-18(7-6-17(2)3)21(19,20)12-9-10(16)8-11(14)13(12)15/h8-9H,4-7,16H2,1-3H3. The molecule has 0 amide bonds. The van der Waals surface area contributed by atoms with Crippen molar-refractivity contribution in [2.45, 2.75) is 18.2 Å². The Hall–Kier alpha value is -0.890. The van der Waals surface area contributed by atoms with Gasteiger partial charge in [-0.1, -0.05) is 18.5 Å². The zero-order valence-electron chi connectivity index (χ0n) is 12.4. The quantitative estimate of drug-likeness (QED) is 0.773. The molecule has 5 nitrogen and oxygen atoms in total. The van der Waals surface area contributed by atoms with Crippen molar-refractivity contribution in [1.82, 2.24) is 9.21 Å². The molecule has 0 atom stereocenters. The highest BCUT2D eigenvalue weighted by Gasteiger charge is 2.28. The number of nitrogens with zero attached hydrogens (tertiary/aromatic N) is 2. The maximum Gasteiger partial charge on any atom is 0.246 e. The summed E-state index contributed by atoms with van der Waals surface area (Å²) in [6, 6.07) is 2.30. The highest BCUT2D eigenvalue weighted by Crippen LogP contribution is 2.28. The molecule has 0 aromatic heterocycles. The summed E-state index contributed by atoms with van der Waals surface area (Å²) in [6.45, 7) is 2.98. The van der Waals surface area contributed by atoms with Crippen molar-refractivity contribution in [2.75, 3.05) is 39.5 Å². The largest absolute Gasteiger partial charge is 0.399 e. The summed E-state index contributed by atoms with van der Waals surface area (Å²) in [5, 5.41) is -0.294. The number of rotatable bonds is 7. The minimum absolute atomic E-state index is 0.115. The molecule has 1 aromatic rings. The molecule has 0 saturated heterocycles. The Morgan fingerprint density at radius 1 is 1.24 bits per heavy atom. The molecule has 0 unspecified atom stereocenters. The van der Waals surface area contributed by atoms with Gasteiger partial charge in [0.2, 0.25) is 10.0 Å². The second-order valence-electron chi connectivity index (χ2n) is 5.02. The zero-order chi connectivity index (χ0) is 16.2. The van der Waals surface area contributed by atoms with E-state index in [4.69, 9.17) is 17.3 Å². The van der Waals surface area contributed by atoms with Gasteiger partial charge in [-0.25, -0.2) is 12.8 Å². The Labute approximate surface area is 130 Å². The van der Waals surface area contributed by atoms with E-state index in [1.807, 2.05) is 25.9 Å². The molecule has 0 fully saturated rings. The van der Waals surface area contributed by atoms with Crippen LogP contribution in [0.5, 0.6) is 0 Å². The number of nitrogens with two attached hydrogens (primary N) is 1. The number of hydrogen-bond acceptors (Lipinski definition) is 4. The Kier molecular flexibility index (Phi) is 6.40. The number of nitrogen functional groups attached to an aromatic ring is 1. The van der Waals surface area contributed by atoms with Crippen LogP contribution in [0.3, 0.4) is 0 Å². The average Bonchev–Trinajstić information content (AvgIpc) is 2.38. The number of sulfonamides is 1. The molecule has 0 radical (unpaired) electrons. The molecule has 120 valence electrons. The third-order valence-electron chi connectivity index (χ3n) is 2.90. The number of anilines is 1. The Balaban J connectivity index is 3.22. The summed E-state index contributed by atoms with van der Waals surface area (Å²) in [7, 11) is -0.283.